The van der Waals surface area contributed by atoms with Crippen LogP contribution in [0.15, 0.2) is 59.6 Å². The molecule has 4 rings (SSSR count). The van der Waals surface area contributed by atoms with E-state index in [0.717, 1.165) is 16.8 Å². The van der Waals surface area contributed by atoms with Crippen molar-refractivity contribution < 1.29 is 9.53 Å². The summed E-state index contributed by atoms with van der Waals surface area (Å²) in [6.45, 7) is 10.6. The molecule has 0 aliphatic heterocycles. The molecule has 0 unspecified atom stereocenters. The summed E-state index contributed by atoms with van der Waals surface area (Å²) in [6, 6.07) is 11.8. The van der Waals surface area contributed by atoms with Gasteiger partial charge in [-0.2, -0.15) is 0 Å². The molecule has 186 valence electrons. The molecule has 4 aromatic rings. The number of aryl methyl sites for hydroxylation is 3. The van der Waals surface area contributed by atoms with Crippen molar-refractivity contribution in [2.24, 2.45) is 0 Å². The first-order valence-electron chi connectivity index (χ1n) is 11.2. The van der Waals surface area contributed by atoms with E-state index in [4.69, 9.17) is 16.3 Å². The lowest BCUT2D eigenvalue weighted by molar-refractivity contribution is -0.113. The van der Waals surface area contributed by atoms with Crippen LogP contribution in [-0.2, 0) is 17.9 Å². The molecule has 0 fully saturated rings. The van der Waals surface area contributed by atoms with E-state index in [9.17, 15) is 4.79 Å². The minimum atomic E-state index is -0.168. The number of anilines is 1. The molecule has 0 atom stereocenters. The summed E-state index contributed by atoms with van der Waals surface area (Å²) in [4.78, 5) is 17.2. The minimum Gasteiger partial charge on any atom is -0.484 e. The zero-order chi connectivity index (χ0) is 25.7. The number of amides is 1. The van der Waals surface area contributed by atoms with E-state index in [-0.39, 0.29) is 18.3 Å². The van der Waals surface area contributed by atoms with Gasteiger partial charge in [-0.3, -0.25) is 9.36 Å². The molecule has 7 nitrogen and oxygen atoms in total. The predicted octanol–water partition coefficient (Wildman–Crippen LogP) is 6.48. The number of ether oxygens (including phenoxy) is 1. The first kappa shape index (κ1) is 25.9. The Morgan fingerprint density at radius 1 is 1.19 bits per heavy atom. The van der Waals surface area contributed by atoms with Crippen LogP contribution >= 0.6 is 34.7 Å². The van der Waals surface area contributed by atoms with E-state index in [0.29, 0.717) is 33.4 Å². The van der Waals surface area contributed by atoms with Gasteiger partial charge in [-0.25, -0.2) is 4.98 Å². The molecule has 0 radical (unpaired) electrons. The van der Waals surface area contributed by atoms with E-state index in [1.165, 1.54) is 34.2 Å². The molecule has 0 aliphatic rings. The van der Waals surface area contributed by atoms with Gasteiger partial charge < -0.3 is 10.1 Å². The number of thiazole rings is 1. The molecule has 1 N–H and O–H groups in total. The Morgan fingerprint density at radius 3 is 2.81 bits per heavy atom. The molecule has 2 aromatic heterocycles. The highest BCUT2D eigenvalue weighted by Crippen LogP contribution is 2.28. The fourth-order valence-electron chi connectivity index (χ4n) is 3.36. The summed E-state index contributed by atoms with van der Waals surface area (Å²) in [5, 5.41) is 15.0. The number of nitrogens with zero attached hydrogens (tertiary/aromatic N) is 4. The second-order valence-corrected chi connectivity index (χ2v) is 10.4. The van der Waals surface area contributed by atoms with Gasteiger partial charge in [0.1, 0.15) is 12.4 Å². The van der Waals surface area contributed by atoms with Crippen LogP contribution in [0, 0.1) is 20.8 Å². The number of thioether (sulfide) groups is 1. The summed E-state index contributed by atoms with van der Waals surface area (Å²) in [6.07, 6.45) is 1.75. The monoisotopic (exact) mass is 539 g/mol. The molecule has 0 saturated carbocycles. The minimum absolute atomic E-state index is 0.165. The van der Waals surface area contributed by atoms with Crippen molar-refractivity contribution in [3.8, 4) is 17.0 Å². The van der Waals surface area contributed by atoms with Gasteiger partial charge in [0.2, 0.25) is 5.91 Å². The average Bonchev–Trinajstić information content (AvgIpc) is 3.47. The van der Waals surface area contributed by atoms with Crippen LogP contribution < -0.4 is 10.1 Å². The van der Waals surface area contributed by atoms with Gasteiger partial charge in [-0.1, -0.05) is 47.6 Å². The van der Waals surface area contributed by atoms with Crippen LogP contribution in [0.25, 0.3) is 11.3 Å². The second kappa shape index (κ2) is 11.7. The third-order valence-corrected chi connectivity index (χ3v) is 7.47. The topological polar surface area (TPSA) is 81.9 Å². The van der Waals surface area contributed by atoms with Crippen LogP contribution in [0.3, 0.4) is 0 Å². The van der Waals surface area contributed by atoms with Gasteiger partial charge in [-0.15, -0.1) is 28.1 Å². The zero-order valence-corrected chi connectivity index (χ0v) is 22.6. The normalized spacial score (nSPS) is 10.9. The van der Waals surface area contributed by atoms with E-state index >= 15 is 0 Å². The van der Waals surface area contributed by atoms with Crippen molar-refractivity contribution in [3.63, 3.8) is 0 Å². The maximum Gasteiger partial charge on any atom is 0.236 e. The molecule has 2 aromatic carbocycles. The highest BCUT2D eigenvalue weighted by Gasteiger charge is 2.16. The molecule has 1 amide bonds. The van der Waals surface area contributed by atoms with Crippen molar-refractivity contribution in [2.75, 3.05) is 11.1 Å². The molecule has 0 bridgehead atoms. The molecule has 10 heteroatoms. The lowest BCUT2D eigenvalue weighted by Gasteiger charge is -2.10. The van der Waals surface area contributed by atoms with E-state index < -0.39 is 0 Å². The molecule has 36 heavy (non-hydrogen) atoms. The number of hydrogen-bond acceptors (Lipinski definition) is 7. The zero-order valence-electron chi connectivity index (χ0n) is 20.2. The fraction of sp³-hybridized carbons (Fsp3) is 0.231. The van der Waals surface area contributed by atoms with Gasteiger partial charge in [0.15, 0.2) is 16.1 Å². The molecule has 0 saturated heterocycles. The molecule has 0 spiro atoms. The summed E-state index contributed by atoms with van der Waals surface area (Å²) in [7, 11) is 0. The summed E-state index contributed by atoms with van der Waals surface area (Å²) in [5.74, 6) is 1.20. The smallest absolute Gasteiger partial charge is 0.236 e. The van der Waals surface area contributed by atoms with Crippen molar-refractivity contribution in [1.82, 2.24) is 19.7 Å². The summed E-state index contributed by atoms with van der Waals surface area (Å²) < 4.78 is 7.75. The van der Waals surface area contributed by atoms with Crippen LogP contribution in [0.4, 0.5) is 5.13 Å². The lowest BCUT2D eigenvalue weighted by atomic mass is 10.1. The Hall–Kier alpha value is -3.14. The van der Waals surface area contributed by atoms with Crippen LogP contribution in [-0.4, -0.2) is 31.4 Å². The van der Waals surface area contributed by atoms with Gasteiger partial charge >= 0.3 is 0 Å². The van der Waals surface area contributed by atoms with Crippen LogP contribution in [0.5, 0.6) is 5.75 Å². The first-order chi connectivity index (χ1) is 17.3. The third kappa shape index (κ3) is 6.34. The SMILES string of the molecule is C=CCn1c(COc2cc(C)ccc2Cl)nnc1SCC(=O)Nc1nc(-c2ccc(C)c(C)c2)cs1. The van der Waals surface area contributed by atoms with E-state index in [2.05, 4.69) is 53.1 Å². The quantitative estimate of drug-likeness (QED) is 0.183. The number of hydrogen-bond donors (Lipinski definition) is 1. The van der Waals surface area contributed by atoms with Crippen LogP contribution in [0.1, 0.15) is 22.5 Å². The Balaban J connectivity index is 1.37. The largest absolute Gasteiger partial charge is 0.484 e. The molecular formula is C26H26ClN5O2S2. The fourth-order valence-corrected chi connectivity index (χ4v) is 5.03. The second-order valence-electron chi connectivity index (χ2n) is 8.19. The Labute approximate surface area is 223 Å². The molecular weight excluding hydrogens is 514 g/mol. The first-order valence-corrected chi connectivity index (χ1v) is 13.5. The highest BCUT2D eigenvalue weighted by atomic mass is 35.5. The third-order valence-electron chi connectivity index (χ3n) is 5.43. The summed E-state index contributed by atoms with van der Waals surface area (Å²) >= 11 is 8.93. The average molecular weight is 540 g/mol. The Morgan fingerprint density at radius 2 is 2.03 bits per heavy atom. The van der Waals surface area contributed by atoms with Gasteiger partial charge in [0.25, 0.3) is 0 Å². The number of aromatic nitrogens is 4. The van der Waals surface area contributed by atoms with Crippen molar-refractivity contribution in [2.45, 2.75) is 39.1 Å². The number of carbonyl (C=O) groups excluding carboxylic acids is 1. The van der Waals surface area contributed by atoms with Gasteiger partial charge in [0, 0.05) is 17.5 Å². The Bertz CT molecular complexity index is 1400. The van der Waals surface area contributed by atoms with Gasteiger partial charge in [0.05, 0.1) is 16.5 Å². The summed E-state index contributed by atoms with van der Waals surface area (Å²) in [5.41, 5.74) is 5.36. The Kier molecular flexibility index (Phi) is 8.45. The molecule has 2 heterocycles. The number of rotatable bonds is 10. The number of nitrogens with one attached hydrogen (secondary N) is 1. The number of benzene rings is 2. The van der Waals surface area contributed by atoms with Crippen molar-refractivity contribution in [3.05, 3.63) is 82.0 Å². The van der Waals surface area contributed by atoms with E-state index in [1.807, 2.05) is 35.1 Å². The molecule has 0 aliphatic carbocycles. The highest BCUT2D eigenvalue weighted by molar-refractivity contribution is 7.99. The predicted molar refractivity (Wildman–Crippen MR) is 147 cm³/mol. The van der Waals surface area contributed by atoms with Crippen LogP contribution in [0.2, 0.25) is 5.02 Å². The van der Waals surface area contributed by atoms with Crippen molar-refractivity contribution >= 4 is 45.7 Å². The maximum atomic E-state index is 12.6. The number of halogens is 1. The van der Waals surface area contributed by atoms with Gasteiger partial charge in [-0.05, 0) is 55.7 Å². The van der Waals surface area contributed by atoms with E-state index in [1.54, 1.807) is 12.1 Å². The standard InChI is InChI=1S/C26H26ClN5O2S2/c1-5-10-32-23(13-34-22-11-16(2)6-9-20(22)27)30-31-26(32)36-15-24(33)29-25-28-21(14-35-25)19-8-7-17(3)18(4)12-19/h5-9,11-12,14H,1,10,13,15H2,2-4H3,(H,28,29,33). The van der Waals surface area contributed by atoms with Crippen molar-refractivity contribution in [1.29, 1.82) is 0 Å². The number of carbonyl (C=O) groups is 1. The number of allylic oxidation sites excluding steroid dienone is 1. The lowest BCUT2D eigenvalue weighted by Crippen LogP contribution is -2.15. The maximum absolute atomic E-state index is 12.6.